The number of benzene rings is 2. The molecule has 1 unspecified atom stereocenters. The average Bonchev–Trinajstić information content (AvgIpc) is 2.59. The van der Waals surface area contributed by atoms with E-state index in [0.717, 1.165) is 22.4 Å². The van der Waals surface area contributed by atoms with Crippen LogP contribution in [0, 0.1) is 0 Å². The summed E-state index contributed by atoms with van der Waals surface area (Å²) in [5.74, 6) is 1.43. The Kier molecular flexibility index (Phi) is 4.86. The number of hydrogen-bond acceptors (Lipinski definition) is 5. The maximum atomic E-state index is 11.0. The van der Waals surface area contributed by atoms with Gasteiger partial charge >= 0.3 is 6.09 Å². The van der Waals surface area contributed by atoms with Gasteiger partial charge in [-0.1, -0.05) is 24.3 Å². The Balaban J connectivity index is 1.87. The number of carbonyl (C=O) groups excluding carboxylic acids is 1. The molecule has 0 spiro atoms. The van der Waals surface area contributed by atoms with Crippen molar-refractivity contribution in [2.24, 2.45) is 5.73 Å². The van der Waals surface area contributed by atoms with Crippen molar-refractivity contribution in [1.82, 2.24) is 0 Å². The van der Waals surface area contributed by atoms with E-state index in [-0.39, 0.29) is 12.9 Å². The van der Waals surface area contributed by atoms with Crippen molar-refractivity contribution < 1.29 is 23.7 Å². The summed E-state index contributed by atoms with van der Waals surface area (Å²) < 4.78 is 21.2. The van der Waals surface area contributed by atoms with E-state index in [0.29, 0.717) is 18.8 Å². The van der Waals surface area contributed by atoms with Crippen LogP contribution in [0.3, 0.4) is 0 Å². The zero-order valence-electron chi connectivity index (χ0n) is 13.4. The van der Waals surface area contributed by atoms with Crippen LogP contribution >= 0.6 is 0 Å². The Labute approximate surface area is 140 Å². The summed E-state index contributed by atoms with van der Waals surface area (Å²) in [7, 11) is 1.58. The molecule has 6 heteroatoms. The molecule has 24 heavy (non-hydrogen) atoms. The summed E-state index contributed by atoms with van der Waals surface area (Å²) in [6.07, 6.45) is -0.549. The molecule has 1 heterocycles. The van der Waals surface area contributed by atoms with Crippen LogP contribution in [0.2, 0.25) is 0 Å². The van der Waals surface area contributed by atoms with Crippen molar-refractivity contribution >= 4 is 6.09 Å². The van der Waals surface area contributed by atoms with Crippen LogP contribution in [0.1, 0.15) is 18.1 Å². The minimum absolute atomic E-state index is 0.197. The number of nitrogens with two attached hydrogens (primary N) is 1. The molecule has 0 saturated carbocycles. The second-order valence-electron chi connectivity index (χ2n) is 5.39. The second kappa shape index (κ2) is 7.23. The van der Waals surface area contributed by atoms with Crippen molar-refractivity contribution in [2.45, 2.75) is 12.5 Å². The molecule has 0 bridgehead atoms. The quantitative estimate of drug-likeness (QED) is 0.852. The fourth-order valence-electron chi connectivity index (χ4n) is 2.69. The first-order chi connectivity index (χ1) is 11.7. The maximum absolute atomic E-state index is 11.0. The molecule has 3 rings (SSSR count). The minimum atomic E-state index is -0.778. The molecule has 2 N–H and O–H groups in total. The van der Waals surface area contributed by atoms with Crippen molar-refractivity contribution in [3.05, 3.63) is 48.0 Å². The molecular weight excluding hydrogens is 310 g/mol. The predicted octanol–water partition coefficient (Wildman–Crippen LogP) is 3.26. The summed E-state index contributed by atoms with van der Waals surface area (Å²) in [6, 6.07) is 13.5. The van der Waals surface area contributed by atoms with Gasteiger partial charge in [-0.25, -0.2) is 4.79 Å². The molecule has 1 amide bonds. The molecule has 1 aliphatic heterocycles. The summed E-state index contributed by atoms with van der Waals surface area (Å²) in [5, 5.41) is 0. The number of carbonyl (C=O) groups is 1. The van der Waals surface area contributed by atoms with Crippen molar-refractivity contribution in [3.63, 3.8) is 0 Å². The fourth-order valence-corrected chi connectivity index (χ4v) is 2.69. The van der Waals surface area contributed by atoms with E-state index < -0.39 is 6.09 Å². The molecule has 1 atom stereocenters. The summed E-state index contributed by atoms with van der Waals surface area (Å²) in [6.45, 7) is 0.675. The van der Waals surface area contributed by atoms with E-state index in [1.54, 1.807) is 7.11 Å². The largest absolute Gasteiger partial charge is 0.493 e. The molecule has 0 radical (unpaired) electrons. The maximum Gasteiger partial charge on any atom is 0.405 e. The Hall–Kier alpha value is -2.73. The third-order valence-corrected chi connectivity index (χ3v) is 3.77. The van der Waals surface area contributed by atoms with E-state index >= 15 is 0 Å². The first-order valence-corrected chi connectivity index (χ1v) is 7.62. The Morgan fingerprint density at radius 2 is 2.08 bits per heavy atom. The molecule has 0 fully saturated rings. The van der Waals surface area contributed by atoms with Crippen LogP contribution < -0.4 is 15.2 Å². The third-order valence-electron chi connectivity index (χ3n) is 3.77. The fraction of sp³-hybridized carbons (Fsp3) is 0.278. The number of primary amides is 1. The molecule has 1 aliphatic rings. The van der Waals surface area contributed by atoms with Gasteiger partial charge in [-0.2, -0.15) is 0 Å². The first kappa shape index (κ1) is 16.1. The van der Waals surface area contributed by atoms with Gasteiger partial charge in [0.25, 0.3) is 0 Å². The second-order valence-corrected chi connectivity index (χ2v) is 5.39. The van der Waals surface area contributed by atoms with E-state index in [9.17, 15) is 4.79 Å². The molecular formula is C18H19NO5. The zero-order chi connectivity index (χ0) is 16.9. The minimum Gasteiger partial charge on any atom is -0.493 e. The number of methoxy groups -OCH3 is 1. The Bertz CT molecular complexity index is 731. The Morgan fingerprint density at radius 1 is 1.25 bits per heavy atom. The van der Waals surface area contributed by atoms with Crippen LogP contribution in [0.5, 0.6) is 11.5 Å². The van der Waals surface area contributed by atoms with Gasteiger partial charge < -0.3 is 24.7 Å². The van der Waals surface area contributed by atoms with Gasteiger partial charge in [0, 0.05) is 19.1 Å². The molecule has 2 aromatic rings. The number of amides is 1. The molecule has 6 nitrogen and oxygen atoms in total. The standard InChI is InChI=1S/C18H19NO5/c1-21-11-23-14-4-2-3-12(9-14)13-5-6-15-16(24-18(19)20)7-8-22-17(15)10-13/h2-6,9-10,16H,7-8,11H2,1H3,(H2,19,20). The van der Waals surface area contributed by atoms with Gasteiger partial charge in [-0.15, -0.1) is 0 Å². The Morgan fingerprint density at radius 3 is 2.88 bits per heavy atom. The van der Waals surface area contributed by atoms with Gasteiger partial charge in [0.05, 0.1) is 6.61 Å². The summed E-state index contributed by atoms with van der Waals surface area (Å²) >= 11 is 0. The lowest BCUT2D eigenvalue weighted by Crippen LogP contribution is -2.22. The molecule has 0 aromatic heterocycles. The van der Waals surface area contributed by atoms with Crippen molar-refractivity contribution in [3.8, 4) is 22.6 Å². The average molecular weight is 329 g/mol. The van der Waals surface area contributed by atoms with Gasteiger partial charge in [0.2, 0.25) is 0 Å². The zero-order valence-corrected chi connectivity index (χ0v) is 13.4. The van der Waals surface area contributed by atoms with Crippen LogP contribution in [0.4, 0.5) is 4.79 Å². The number of hydrogen-bond donors (Lipinski definition) is 1. The van der Waals surface area contributed by atoms with Gasteiger partial charge in [-0.3, -0.25) is 0 Å². The van der Waals surface area contributed by atoms with E-state index in [1.807, 2.05) is 42.5 Å². The number of ether oxygens (including phenoxy) is 4. The normalized spacial score (nSPS) is 16.0. The third kappa shape index (κ3) is 3.60. The summed E-state index contributed by atoms with van der Waals surface area (Å²) in [4.78, 5) is 11.0. The van der Waals surface area contributed by atoms with E-state index in [4.69, 9.17) is 24.7 Å². The highest BCUT2D eigenvalue weighted by molar-refractivity contribution is 5.69. The van der Waals surface area contributed by atoms with Gasteiger partial charge in [-0.05, 0) is 29.3 Å². The highest BCUT2D eigenvalue weighted by Crippen LogP contribution is 2.37. The first-order valence-electron chi connectivity index (χ1n) is 7.62. The lowest BCUT2D eigenvalue weighted by Gasteiger charge is -2.25. The van der Waals surface area contributed by atoms with Gasteiger partial charge in [0.15, 0.2) is 6.79 Å². The van der Waals surface area contributed by atoms with Crippen LogP contribution in [0.25, 0.3) is 11.1 Å². The van der Waals surface area contributed by atoms with Gasteiger partial charge in [0.1, 0.15) is 17.6 Å². The SMILES string of the molecule is COCOc1cccc(-c2ccc3c(c2)OCCC3OC(N)=O)c1. The molecule has 0 saturated heterocycles. The van der Waals surface area contributed by atoms with E-state index in [2.05, 4.69) is 0 Å². The number of fused-ring (bicyclic) bond motifs is 1. The van der Waals surface area contributed by atoms with Crippen molar-refractivity contribution in [2.75, 3.05) is 20.5 Å². The highest BCUT2D eigenvalue weighted by Gasteiger charge is 2.24. The molecule has 126 valence electrons. The lowest BCUT2D eigenvalue weighted by molar-refractivity contribution is 0.0511. The highest BCUT2D eigenvalue weighted by atomic mass is 16.7. The molecule has 2 aromatic carbocycles. The monoisotopic (exact) mass is 329 g/mol. The van der Waals surface area contributed by atoms with E-state index in [1.165, 1.54) is 0 Å². The van der Waals surface area contributed by atoms with Crippen molar-refractivity contribution in [1.29, 1.82) is 0 Å². The smallest absolute Gasteiger partial charge is 0.405 e. The topological polar surface area (TPSA) is 80.0 Å². The molecule has 0 aliphatic carbocycles. The predicted molar refractivity (Wildman–Crippen MR) is 87.9 cm³/mol. The van der Waals surface area contributed by atoms with Crippen LogP contribution in [0.15, 0.2) is 42.5 Å². The summed E-state index contributed by atoms with van der Waals surface area (Å²) in [5.41, 5.74) is 7.94. The lowest BCUT2D eigenvalue weighted by atomic mass is 9.98. The number of rotatable bonds is 5. The van der Waals surface area contributed by atoms with Crippen LogP contribution in [-0.4, -0.2) is 26.6 Å². The van der Waals surface area contributed by atoms with Crippen LogP contribution in [-0.2, 0) is 9.47 Å².